The maximum Gasteiger partial charge on any atom is 0.191 e. The third kappa shape index (κ3) is 9.45. The Bertz CT molecular complexity index is 754. The Morgan fingerprint density at radius 3 is 2.52 bits per heavy atom. The van der Waals surface area contributed by atoms with Gasteiger partial charge in [0.15, 0.2) is 5.96 Å². The molecule has 0 aromatic heterocycles. The summed E-state index contributed by atoms with van der Waals surface area (Å²) in [5.41, 5.74) is 1.82. The number of nitrogens with zero attached hydrogens (tertiary/aromatic N) is 1. The van der Waals surface area contributed by atoms with E-state index in [1.165, 1.54) is 12.1 Å². The van der Waals surface area contributed by atoms with E-state index in [9.17, 15) is 9.50 Å². The molecule has 0 aliphatic carbocycles. The van der Waals surface area contributed by atoms with Gasteiger partial charge in [-0.2, -0.15) is 0 Å². The molecule has 2 aromatic rings. The Hall–Kier alpha value is -1.87. The zero-order valence-corrected chi connectivity index (χ0v) is 19.5. The van der Waals surface area contributed by atoms with Crippen molar-refractivity contribution in [2.45, 2.75) is 39.4 Å². The molecular weight excluding hydrogens is 484 g/mol. The molecule has 0 heterocycles. The minimum absolute atomic E-state index is 0. The zero-order valence-electron chi connectivity index (χ0n) is 17.2. The Morgan fingerprint density at radius 1 is 1.14 bits per heavy atom. The van der Waals surface area contributed by atoms with Gasteiger partial charge in [0.1, 0.15) is 11.6 Å². The largest absolute Gasteiger partial charge is 0.491 e. The monoisotopic (exact) mass is 515 g/mol. The van der Waals surface area contributed by atoms with E-state index in [1.54, 1.807) is 12.1 Å². The summed E-state index contributed by atoms with van der Waals surface area (Å²) < 4.78 is 18.6. The molecule has 3 N–H and O–H groups in total. The summed E-state index contributed by atoms with van der Waals surface area (Å²) in [6.45, 7) is 7.53. The predicted octanol–water partition coefficient (Wildman–Crippen LogP) is 4.06. The highest BCUT2D eigenvalue weighted by Crippen LogP contribution is 2.20. The molecule has 0 saturated heterocycles. The number of aliphatic hydroxyl groups is 1. The third-order valence-electron chi connectivity index (χ3n) is 4.00. The molecule has 1 atom stereocenters. The average molecular weight is 515 g/mol. The first kappa shape index (κ1) is 25.2. The second-order valence-electron chi connectivity index (χ2n) is 6.78. The van der Waals surface area contributed by atoms with Crippen LogP contribution in [0.15, 0.2) is 53.5 Å². The lowest BCUT2D eigenvalue weighted by Gasteiger charge is -2.15. The quantitative estimate of drug-likeness (QED) is 0.268. The van der Waals surface area contributed by atoms with Crippen molar-refractivity contribution in [3.8, 4) is 5.75 Å². The van der Waals surface area contributed by atoms with Gasteiger partial charge in [0.25, 0.3) is 0 Å². The van der Waals surface area contributed by atoms with Crippen LogP contribution < -0.4 is 15.4 Å². The fourth-order valence-corrected chi connectivity index (χ4v) is 2.67. The van der Waals surface area contributed by atoms with Crippen LogP contribution >= 0.6 is 24.0 Å². The zero-order chi connectivity index (χ0) is 20.4. The Morgan fingerprint density at radius 2 is 1.86 bits per heavy atom. The molecule has 0 saturated carbocycles. The summed E-state index contributed by atoms with van der Waals surface area (Å²) in [6.07, 6.45) is 0.112. The van der Waals surface area contributed by atoms with E-state index in [0.29, 0.717) is 12.5 Å². The molecule has 0 aliphatic rings. The average Bonchev–Trinajstić information content (AvgIpc) is 2.67. The van der Waals surface area contributed by atoms with Crippen LogP contribution in [-0.4, -0.2) is 36.8 Å². The van der Waals surface area contributed by atoms with E-state index in [1.807, 2.05) is 45.0 Å². The summed E-state index contributed by atoms with van der Waals surface area (Å²) in [6, 6.07) is 13.9. The lowest BCUT2D eigenvalue weighted by atomic mass is 10.1. The molecule has 2 rings (SSSR count). The number of halogens is 2. The van der Waals surface area contributed by atoms with Crippen LogP contribution in [0.2, 0.25) is 0 Å². The number of aliphatic imine (C=N–C) groups is 1. The highest BCUT2D eigenvalue weighted by molar-refractivity contribution is 14.0. The Kier molecular flexibility index (Phi) is 11.6. The van der Waals surface area contributed by atoms with Gasteiger partial charge in [-0.1, -0.05) is 24.3 Å². The van der Waals surface area contributed by atoms with Crippen LogP contribution in [0.4, 0.5) is 4.39 Å². The van der Waals surface area contributed by atoms with Crippen LogP contribution in [0.1, 0.15) is 38.0 Å². The van der Waals surface area contributed by atoms with Gasteiger partial charge in [-0.05, 0) is 62.6 Å². The van der Waals surface area contributed by atoms with E-state index in [-0.39, 0.29) is 42.4 Å². The molecule has 0 bridgehead atoms. The highest BCUT2D eigenvalue weighted by Gasteiger charge is 2.09. The first-order chi connectivity index (χ1) is 13.5. The Labute approximate surface area is 189 Å². The van der Waals surface area contributed by atoms with Crippen molar-refractivity contribution < 1.29 is 14.2 Å². The minimum Gasteiger partial charge on any atom is -0.491 e. The normalized spacial score (nSPS) is 12.3. The molecule has 160 valence electrons. The molecule has 0 amide bonds. The number of guanidine groups is 1. The first-order valence-electron chi connectivity index (χ1n) is 9.69. The lowest BCUT2D eigenvalue weighted by molar-refractivity contribution is 0.185. The Balaban J connectivity index is 0.00000420. The molecule has 29 heavy (non-hydrogen) atoms. The number of nitrogens with one attached hydrogen (secondary N) is 2. The second-order valence-corrected chi connectivity index (χ2v) is 6.78. The first-order valence-corrected chi connectivity index (χ1v) is 9.69. The van der Waals surface area contributed by atoms with Gasteiger partial charge >= 0.3 is 0 Å². The number of rotatable bonds is 9. The van der Waals surface area contributed by atoms with Gasteiger partial charge in [0.2, 0.25) is 0 Å². The standard InChI is InChI=1S/C22H30FN3O2.HI/c1-4-24-22(25-13-12-17-8-10-19(23)11-9-17)26-15-21(27)18-6-5-7-20(14-18)28-16(2)3;/h5-11,14,16,21,27H,4,12-13,15H2,1-3H3,(H2,24,25,26);1H. The van der Waals surface area contributed by atoms with E-state index in [0.717, 1.165) is 29.8 Å². The molecule has 0 radical (unpaired) electrons. The second kappa shape index (κ2) is 13.4. The van der Waals surface area contributed by atoms with Crippen molar-refractivity contribution in [2.75, 3.05) is 19.6 Å². The summed E-state index contributed by atoms with van der Waals surface area (Å²) in [7, 11) is 0. The number of aliphatic hydroxyl groups excluding tert-OH is 1. The molecule has 7 heteroatoms. The number of ether oxygens (including phenoxy) is 1. The fourth-order valence-electron chi connectivity index (χ4n) is 2.67. The van der Waals surface area contributed by atoms with Crippen LogP contribution in [-0.2, 0) is 6.42 Å². The van der Waals surface area contributed by atoms with Crippen molar-refractivity contribution in [1.29, 1.82) is 0 Å². The number of hydrogen-bond donors (Lipinski definition) is 3. The molecule has 1 unspecified atom stereocenters. The van der Waals surface area contributed by atoms with Crippen LogP contribution in [0.3, 0.4) is 0 Å². The summed E-state index contributed by atoms with van der Waals surface area (Å²) in [5, 5.41) is 16.9. The molecule has 0 spiro atoms. The van der Waals surface area contributed by atoms with Gasteiger partial charge in [-0.25, -0.2) is 4.39 Å². The van der Waals surface area contributed by atoms with Gasteiger partial charge in [0, 0.05) is 13.1 Å². The summed E-state index contributed by atoms with van der Waals surface area (Å²) in [5.74, 6) is 1.14. The van der Waals surface area contributed by atoms with Crippen LogP contribution in [0.5, 0.6) is 5.75 Å². The summed E-state index contributed by atoms with van der Waals surface area (Å²) >= 11 is 0. The van der Waals surface area contributed by atoms with E-state index < -0.39 is 6.10 Å². The predicted molar refractivity (Wildman–Crippen MR) is 127 cm³/mol. The minimum atomic E-state index is -0.719. The summed E-state index contributed by atoms with van der Waals surface area (Å²) in [4.78, 5) is 4.47. The van der Waals surface area contributed by atoms with Gasteiger partial charge in [-0.3, -0.25) is 4.99 Å². The van der Waals surface area contributed by atoms with Crippen molar-refractivity contribution >= 4 is 29.9 Å². The van der Waals surface area contributed by atoms with Gasteiger partial charge in [0.05, 0.1) is 18.8 Å². The maximum absolute atomic E-state index is 13.0. The van der Waals surface area contributed by atoms with Crippen molar-refractivity contribution in [3.05, 3.63) is 65.5 Å². The smallest absolute Gasteiger partial charge is 0.191 e. The maximum atomic E-state index is 13.0. The molecule has 0 fully saturated rings. The van der Waals surface area contributed by atoms with Gasteiger partial charge in [-0.15, -0.1) is 24.0 Å². The van der Waals surface area contributed by atoms with E-state index >= 15 is 0 Å². The molecular formula is C22H31FIN3O2. The fraction of sp³-hybridized carbons (Fsp3) is 0.409. The SMILES string of the molecule is CCNC(=NCC(O)c1cccc(OC(C)C)c1)NCCc1ccc(F)cc1.I. The number of hydrogen-bond acceptors (Lipinski definition) is 3. The number of benzene rings is 2. The van der Waals surface area contributed by atoms with Crippen LogP contribution in [0.25, 0.3) is 0 Å². The van der Waals surface area contributed by atoms with Crippen molar-refractivity contribution in [1.82, 2.24) is 10.6 Å². The topological polar surface area (TPSA) is 65.9 Å². The highest BCUT2D eigenvalue weighted by atomic mass is 127. The van der Waals surface area contributed by atoms with Crippen LogP contribution in [0, 0.1) is 5.82 Å². The van der Waals surface area contributed by atoms with E-state index in [4.69, 9.17) is 4.74 Å². The molecule has 2 aromatic carbocycles. The third-order valence-corrected chi connectivity index (χ3v) is 4.00. The van der Waals surface area contributed by atoms with E-state index in [2.05, 4.69) is 15.6 Å². The molecule has 5 nitrogen and oxygen atoms in total. The van der Waals surface area contributed by atoms with Crippen molar-refractivity contribution in [2.24, 2.45) is 4.99 Å². The van der Waals surface area contributed by atoms with Gasteiger partial charge < -0.3 is 20.5 Å². The lowest BCUT2D eigenvalue weighted by Crippen LogP contribution is -2.38. The molecule has 0 aliphatic heterocycles. The van der Waals surface area contributed by atoms with Crippen molar-refractivity contribution in [3.63, 3.8) is 0 Å².